The van der Waals surface area contributed by atoms with Crippen molar-refractivity contribution in [1.29, 1.82) is 0 Å². The van der Waals surface area contributed by atoms with Gasteiger partial charge < -0.3 is 5.32 Å². The molecule has 88 valence electrons. The Kier molecular flexibility index (Phi) is 2.86. The van der Waals surface area contributed by atoms with E-state index in [9.17, 15) is 0 Å². The number of rotatable bonds is 3. The SMILES string of the molecule is CC(NC1CCC1)c1ccc2ccccc2c1. The van der Waals surface area contributed by atoms with Gasteiger partial charge in [0.15, 0.2) is 0 Å². The minimum Gasteiger partial charge on any atom is -0.307 e. The Morgan fingerprint density at radius 1 is 1.06 bits per heavy atom. The number of benzene rings is 2. The van der Waals surface area contributed by atoms with E-state index in [0.29, 0.717) is 6.04 Å². The standard InChI is InChI=1S/C16H19N/c1-12(17-16-7-4-8-16)14-10-9-13-5-2-3-6-15(13)11-14/h2-3,5-6,9-12,16-17H,4,7-8H2,1H3. The Bertz CT molecular complexity index is 514. The van der Waals surface area contributed by atoms with Crippen molar-refractivity contribution in [3.8, 4) is 0 Å². The van der Waals surface area contributed by atoms with Crippen LogP contribution >= 0.6 is 0 Å². The summed E-state index contributed by atoms with van der Waals surface area (Å²) in [6.45, 7) is 2.27. The van der Waals surface area contributed by atoms with Crippen LogP contribution in [0.15, 0.2) is 42.5 Å². The van der Waals surface area contributed by atoms with E-state index in [1.165, 1.54) is 35.6 Å². The molecule has 1 saturated carbocycles. The normalized spacial score (nSPS) is 17.9. The van der Waals surface area contributed by atoms with Crippen LogP contribution in [-0.2, 0) is 0 Å². The largest absolute Gasteiger partial charge is 0.307 e. The minimum atomic E-state index is 0.463. The van der Waals surface area contributed by atoms with Crippen molar-refractivity contribution in [2.45, 2.75) is 38.3 Å². The van der Waals surface area contributed by atoms with Crippen LogP contribution in [0.1, 0.15) is 37.8 Å². The second-order valence-electron chi connectivity index (χ2n) is 5.12. The molecule has 1 atom stereocenters. The number of hydrogen-bond donors (Lipinski definition) is 1. The molecule has 1 aliphatic carbocycles. The zero-order valence-electron chi connectivity index (χ0n) is 10.3. The van der Waals surface area contributed by atoms with Gasteiger partial charge in [-0.1, -0.05) is 42.8 Å². The molecule has 0 saturated heterocycles. The van der Waals surface area contributed by atoms with Crippen LogP contribution in [0.3, 0.4) is 0 Å². The second kappa shape index (κ2) is 4.50. The molecular weight excluding hydrogens is 206 g/mol. The summed E-state index contributed by atoms with van der Waals surface area (Å²) in [7, 11) is 0. The molecule has 1 N–H and O–H groups in total. The van der Waals surface area contributed by atoms with Crippen molar-refractivity contribution < 1.29 is 0 Å². The van der Waals surface area contributed by atoms with Crippen molar-refractivity contribution >= 4 is 10.8 Å². The maximum absolute atomic E-state index is 3.70. The van der Waals surface area contributed by atoms with E-state index in [-0.39, 0.29) is 0 Å². The third-order valence-corrected chi connectivity index (χ3v) is 3.86. The van der Waals surface area contributed by atoms with Crippen molar-refractivity contribution in [2.75, 3.05) is 0 Å². The lowest BCUT2D eigenvalue weighted by Gasteiger charge is -2.30. The summed E-state index contributed by atoms with van der Waals surface area (Å²) in [5, 5.41) is 6.36. The third kappa shape index (κ3) is 2.20. The predicted octanol–water partition coefficient (Wildman–Crippen LogP) is 4.04. The first-order valence-corrected chi connectivity index (χ1v) is 6.58. The molecular formula is C16H19N. The highest BCUT2D eigenvalue weighted by atomic mass is 15.0. The fourth-order valence-corrected chi connectivity index (χ4v) is 2.50. The summed E-state index contributed by atoms with van der Waals surface area (Å²) in [5.41, 5.74) is 1.40. The zero-order chi connectivity index (χ0) is 11.7. The minimum absolute atomic E-state index is 0.463. The Labute approximate surface area is 103 Å². The Hall–Kier alpha value is -1.34. The number of hydrogen-bond acceptors (Lipinski definition) is 1. The van der Waals surface area contributed by atoms with E-state index in [1.807, 2.05) is 0 Å². The van der Waals surface area contributed by atoms with Crippen LogP contribution in [0, 0.1) is 0 Å². The van der Waals surface area contributed by atoms with Gasteiger partial charge in [0.2, 0.25) is 0 Å². The molecule has 0 aromatic heterocycles. The lowest BCUT2D eigenvalue weighted by atomic mass is 9.91. The summed E-state index contributed by atoms with van der Waals surface area (Å²) in [4.78, 5) is 0. The van der Waals surface area contributed by atoms with Crippen LogP contribution in [-0.4, -0.2) is 6.04 Å². The van der Waals surface area contributed by atoms with Gasteiger partial charge in [0, 0.05) is 12.1 Å². The first kappa shape index (κ1) is 10.8. The van der Waals surface area contributed by atoms with Gasteiger partial charge in [-0.05, 0) is 42.2 Å². The van der Waals surface area contributed by atoms with Crippen molar-refractivity contribution in [2.24, 2.45) is 0 Å². The lowest BCUT2D eigenvalue weighted by molar-refractivity contribution is 0.313. The molecule has 1 fully saturated rings. The topological polar surface area (TPSA) is 12.0 Å². The Morgan fingerprint density at radius 2 is 1.82 bits per heavy atom. The highest BCUT2D eigenvalue weighted by Crippen LogP contribution is 2.24. The monoisotopic (exact) mass is 225 g/mol. The molecule has 17 heavy (non-hydrogen) atoms. The maximum Gasteiger partial charge on any atom is 0.0294 e. The average molecular weight is 225 g/mol. The van der Waals surface area contributed by atoms with Crippen LogP contribution in [0.2, 0.25) is 0 Å². The van der Waals surface area contributed by atoms with Crippen LogP contribution < -0.4 is 5.32 Å². The van der Waals surface area contributed by atoms with Gasteiger partial charge in [0.1, 0.15) is 0 Å². The van der Waals surface area contributed by atoms with Crippen LogP contribution in [0.4, 0.5) is 0 Å². The molecule has 2 aromatic carbocycles. The third-order valence-electron chi connectivity index (χ3n) is 3.86. The van der Waals surface area contributed by atoms with E-state index in [4.69, 9.17) is 0 Å². The molecule has 2 aromatic rings. The first-order chi connectivity index (χ1) is 8.33. The van der Waals surface area contributed by atoms with E-state index >= 15 is 0 Å². The van der Waals surface area contributed by atoms with Gasteiger partial charge in [-0.2, -0.15) is 0 Å². The van der Waals surface area contributed by atoms with Crippen LogP contribution in [0.5, 0.6) is 0 Å². The molecule has 0 heterocycles. The van der Waals surface area contributed by atoms with E-state index in [0.717, 1.165) is 6.04 Å². The molecule has 1 unspecified atom stereocenters. The molecule has 1 aliphatic rings. The fraction of sp³-hybridized carbons (Fsp3) is 0.375. The zero-order valence-corrected chi connectivity index (χ0v) is 10.3. The second-order valence-corrected chi connectivity index (χ2v) is 5.12. The maximum atomic E-state index is 3.70. The van der Waals surface area contributed by atoms with Crippen LogP contribution in [0.25, 0.3) is 10.8 Å². The van der Waals surface area contributed by atoms with Crippen molar-refractivity contribution in [3.05, 3.63) is 48.0 Å². The highest BCUT2D eigenvalue weighted by Gasteiger charge is 2.19. The number of nitrogens with one attached hydrogen (secondary N) is 1. The first-order valence-electron chi connectivity index (χ1n) is 6.58. The molecule has 3 rings (SSSR count). The van der Waals surface area contributed by atoms with Gasteiger partial charge in [0.05, 0.1) is 0 Å². The summed E-state index contributed by atoms with van der Waals surface area (Å²) >= 11 is 0. The number of fused-ring (bicyclic) bond motifs is 1. The highest BCUT2D eigenvalue weighted by molar-refractivity contribution is 5.83. The van der Waals surface area contributed by atoms with Gasteiger partial charge in [-0.25, -0.2) is 0 Å². The van der Waals surface area contributed by atoms with E-state index in [2.05, 4.69) is 54.7 Å². The van der Waals surface area contributed by atoms with Gasteiger partial charge in [0.25, 0.3) is 0 Å². The molecule has 0 spiro atoms. The fourth-order valence-electron chi connectivity index (χ4n) is 2.50. The van der Waals surface area contributed by atoms with E-state index < -0.39 is 0 Å². The van der Waals surface area contributed by atoms with Crippen molar-refractivity contribution in [1.82, 2.24) is 5.32 Å². The average Bonchev–Trinajstić information content (AvgIpc) is 2.33. The molecule has 0 amide bonds. The Balaban J connectivity index is 1.83. The molecule has 0 bridgehead atoms. The summed E-state index contributed by atoms with van der Waals surface area (Å²) in [6, 6.07) is 16.6. The molecule has 1 nitrogen and oxygen atoms in total. The molecule has 0 radical (unpaired) electrons. The molecule has 0 aliphatic heterocycles. The van der Waals surface area contributed by atoms with Crippen molar-refractivity contribution in [3.63, 3.8) is 0 Å². The lowest BCUT2D eigenvalue weighted by Crippen LogP contribution is -2.36. The summed E-state index contributed by atoms with van der Waals surface area (Å²) < 4.78 is 0. The molecule has 1 heteroatoms. The quantitative estimate of drug-likeness (QED) is 0.831. The van der Waals surface area contributed by atoms with Gasteiger partial charge in [-0.15, -0.1) is 0 Å². The van der Waals surface area contributed by atoms with E-state index in [1.54, 1.807) is 0 Å². The smallest absolute Gasteiger partial charge is 0.0294 e. The Morgan fingerprint density at radius 3 is 2.53 bits per heavy atom. The predicted molar refractivity (Wildman–Crippen MR) is 73.1 cm³/mol. The summed E-state index contributed by atoms with van der Waals surface area (Å²) in [6.07, 6.45) is 4.08. The summed E-state index contributed by atoms with van der Waals surface area (Å²) in [5.74, 6) is 0. The van der Waals surface area contributed by atoms with Gasteiger partial charge >= 0.3 is 0 Å². The van der Waals surface area contributed by atoms with Gasteiger partial charge in [-0.3, -0.25) is 0 Å².